The van der Waals surface area contributed by atoms with Gasteiger partial charge in [-0.1, -0.05) is 0 Å². The first-order chi connectivity index (χ1) is 7.29. The molecule has 0 saturated heterocycles. The van der Waals surface area contributed by atoms with Gasteiger partial charge < -0.3 is 10.5 Å². The van der Waals surface area contributed by atoms with Gasteiger partial charge in [-0.15, -0.1) is 0 Å². The van der Waals surface area contributed by atoms with Gasteiger partial charge in [-0.2, -0.15) is 0 Å². The minimum absolute atomic E-state index is 0.471. The molecule has 2 aliphatic rings. The van der Waals surface area contributed by atoms with E-state index in [4.69, 9.17) is 10.5 Å². The lowest BCUT2D eigenvalue weighted by Gasteiger charge is -2.25. The maximum Gasteiger partial charge on any atom is 0.0589 e. The van der Waals surface area contributed by atoms with Gasteiger partial charge in [-0.3, -0.25) is 4.90 Å². The Labute approximate surface area is 93.0 Å². The van der Waals surface area contributed by atoms with Crippen molar-refractivity contribution in [3.63, 3.8) is 0 Å². The van der Waals surface area contributed by atoms with E-state index < -0.39 is 0 Å². The zero-order valence-corrected chi connectivity index (χ0v) is 9.82. The molecule has 15 heavy (non-hydrogen) atoms. The average molecular weight is 212 g/mol. The number of methoxy groups -OCH3 is 1. The van der Waals surface area contributed by atoms with Crippen molar-refractivity contribution in [2.45, 2.75) is 44.2 Å². The molecule has 2 unspecified atom stereocenters. The molecule has 0 amide bonds. The van der Waals surface area contributed by atoms with Crippen LogP contribution in [0.1, 0.15) is 32.1 Å². The van der Waals surface area contributed by atoms with Crippen LogP contribution in [0.25, 0.3) is 0 Å². The summed E-state index contributed by atoms with van der Waals surface area (Å²) < 4.78 is 5.17. The van der Waals surface area contributed by atoms with Crippen LogP contribution >= 0.6 is 0 Å². The molecule has 3 heteroatoms. The molecule has 0 bridgehead atoms. The van der Waals surface area contributed by atoms with Crippen molar-refractivity contribution in [2.24, 2.45) is 11.7 Å². The van der Waals surface area contributed by atoms with Crippen LogP contribution in [0.5, 0.6) is 0 Å². The molecule has 2 saturated carbocycles. The summed E-state index contributed by atoms with van der Waals surface area (Å²) in [7, 11) is 1.79. The number of hydrogen-bond donors (Lipinski definition) is 1. The zero-order chi connectivity index (χ0) is 10.7. The zero-order valence-electron chi connectivity index (χ0n) is 9.82. The third-order valence-electron chi connectivity index (χ3n) is 3.72. The van der Waals surface area contributed by atoms with Crippen LogP contribution in [0, 0.1) is 5.92 Å². The fourth-order valence-electron chi connectivity index (χ4n) is 2.68. The molecule has 0 spiro atoms. The molecule has 0 aliphatic heterocycles. The van der Waals surface area contributed by atoms with E-state index in [0.717, 1.165) is 25.1 Å². The van der Waals surface area contributed by atoms with Gasteiger partial charge in [0.1, 0.15) is 0 Å². The van der Waals surface area contributed by atoms with Crippen molar-refractivity contribution in [2.75, 3.05) is 26.8 Å². The summed E-state index contributed by atoms with van der Waals surface area (Å²) in [6.07, 6.45) is 6.58. The van der Waals surface area contributed by atoms with Crippen LogP contribution in [-0.2, 0) is 4.74 Å². The molecule has 0 aromatic heterocycles. The first-order valence-corrected chi connectivity index (χ1v) is 6.28. The van der Waals surface area contributed by atoms with Gasteiger partial charge >= 0.3 is 0 Å². The third-order valence-corrected chi connectivity index (χ3v) is 3.72. The fraction of sp³-hybridized carbons (Fsp3) is 1.00. The predicted octanol–water partition coefficient (Wildman–Crippen LogP) is 1.22. The van der Waals surface area contributed by atoms with Crippen LogP contribution in [0.4, 0.5) is 0 Å². The molecule has 0 heterocycles. The second-order valence-electron chi connectivity index (χ2n) is 5.16. The smallest absolute Gasteiger partial charge is 0.0589 e. The van der Waals surface area contributed by atoms with Gasteiger partial charge in [0.2, 0.25) is 0 Å². The van der Waals surface area contributed by atoms with E-state index in [1.54, 1.807) is 7.11 Å². The maximum absolute atomic E-state index is 5.95. The Morgan fingerprint density at radius 2 is 2.07 bits per heavy atom. The number of nitrogens with zero attached hydrogens (tertiary/aromatic N) is 1. The quantitative estimate of drug-likeness (QED) is 0.719. The summed E-state index contributed by atoms with van der Waals surface area (Å²) in [5.74, 6) is 0.845. The van der Waals surface area contributed by atoms with Crippen molar-refractivity contribution in [1.29, 1.82) is 0 Å². The Hall–Kier alpha value is -0.120. The predicted molar refractivity (Wildman–Crippen MR) is 61.8 cm³/mol. The number of hydrogen-bond acceptors (Lipinski definition) is 3. The van der Waals surface area contributed by atoms with E-state index >= 15 is 0 Å². The van der Waals surface area contributed by atoms with Crippen molar-refractivity contribution < 1.29 is 4.74 Å². The van der Waals surface area contributed by atoms with Gasteiger partial charge in [0.15, 0.2) is 0 Å². The first kappa shape index (κ1) is 11.4. The Morgan fingerprint density at radius 3 is 2.60 bits per heavy atom. The summed E-state index contributed by atoms with van der Waals surface area (Å²) >= 11 is 0. The van der Waals surface area contributed by atoms with Crippen LogP contribution in [0.15, 0.2) is 0 Å². The second kappa shape index (κ2) is 5.28. The summed E-state index contributed by atoms with van der Waals surface area (Å²) in [6, 6.07) is 1.33. The van der Waals surface area contributed by atoms with Crippen molar-refractivity contribution >= 4 is 0 Å². The van der Waals surface area contributed by atoms with Gasteiger partial charge in [0.25, 0.3) is 0 Å². The highest BCUT2D eigenvalue weighted by atomic mass is 16.5. The topological polar surface area (TPSA) is 38.5 Å². The minimum Gasteiger partial charge on any atom is -0.383 e. The summed E-state index contributed by atoms with van der Waals surface area (Å²) in [6.45, 7) is 3.23. The van der Waals surface area contributed by atoms with E-state index in [2.05, 4.69) is 4.90 Å². The van der Waals surface area contributed by atoms with E-state index in [9.17, 15) is 0 Å². The van der Waals surface area contributed by atoms with Crippen LogP contribution in [-0.4, -0.2) is 43.8 Å². The van der Waals surface area contributed by atoms with E-state index in [-0.39, 0.29) is 0 Å². The number of ether oxygens (including phenoxy) is 1. The van der Waals surface area contributed by atoms with E-state index in [0.29, 0.717) is 6.04 Å². The maximum atomic E-state index is 5.95. The summed E-state index contributed by atoms with van der Waals surface area (Å²) in [4.78, 5) is 2.62. The summed E-state index contributed by atoms with van der Waals surface area (Å²) in [5, 5.41) is 0. The van der Waals surface area contributed by atoms with Gasteiger partial charge in [0, 0.05) is 32.3 Å². The normalized spacial score (nSPS) is 31.4. The largest absolute Gasteiger partial charge is 0.383 e. The lowest BCUT2D eigenvalue weighted by molar-refractivity contribution is 0.132. The Bertz CT molecular complexity index is 194. The first-order valence-electron chi connectivity index (χ1n) is 6.28. The molecule has 2 N–H and O–H groups in total. The lowest BCUT2D eigenvalue weighted by atomic mass is 10.1. The monoisotopic (exact) mass is 212 g/mol. The highest BCUT2D eigenvalue weighted by molar-refractivity contribution is 4.88. The van der Waals surface area contributed by atoms with Gasteiger partial charge in [0.05, 0.1) is 6.61 Å². The average Bonchev–Trinajstić information content (AvgIpc) is 2.98. The second-order valence-corrected chi connectivity index (χ2v) is 5.16. The third kappa shape index (κ3) is 3.44. The van der Waals surface area contributed by atoms with Gasteiger partial charge in [-0.25, -0.2) is 0 Å². The van der Waals surface area contributed by atoms with E-state index in [1.807, 2.05) is 0 Å². The fourth-order valence-corrected chi connectivity index (χ4v) is 2.68. The molecule has 88 valence electrons. The molecular weight excluding hydrogens is 188 g/mol. The standard InChI is InChI=1S/C12H24N2O/c1-15-7-6-14(12-4-5-12)9-10-2-3-11(13)8-10/h10-12H,2-9,13H2,1H3. The molecule has 0 radical (unpaired) electrons. The van der Waals surface area contributed by atoms with Crippen LogP contribution in [0.3, 0.4) is 0 Å². The number of nitrogens with two attached hydrogens (primary N) is 1. The molecule has 0 aromatic rings. The molecule has 2 rings (SSSR count). The summed E-state index contributed by atoms with van der Waals surface area (Å²) in [5.41, 5.74) is 5.95. The van der Waals surface area contributed by atoms with E-state index in [1.165, 1.54) is 38.6 Å². The molecule has 3 nitrogen and oxygen atoms in total. The Balaban J connectivity index is 1.73. The van der Waals surface area contributed by atoms with Crippen LogP contribution in [0.2, 0.25) is 0 Å². The van der Waals surface area contributed by atoms with Crippen molar-refractivity contribution in [1.82, 2.24) is 4.90 Å². The highest BCUT2D eigenvalue weighted by Crippen LogP contribution is 2.31. The number of rotatable bonds is 6. The lowest BCUT2D eigenvalue weighted by Crippen LogP contribution is -2.34. The Morgan fingerprint density at radius 1 is 1.27 bits per heavy atom. The van der Waals surface area contributed by atoms with Crippen LogP contribution < -0.4 is 5.73 Å². The van der Waals surface area contributed by atoms with Gasteiger partial charge in [-0.05, 0) is 38.0 Å². The highest BCUT2D eigenvalue weighted by Gasteiger charge is 2.32. The Kier molecular flexibility index (Phi) is 4.00. The molecule has 2 fully saturated rings. The van der Waals surface area contributed by atoms with Crippen molar-refractivity contribution in [3.05, 3.63) is 0 Å². The van der Waals surface area contributed by atoms with Crippen molar-refractivity contribution in [3.8, 4) is 0 Å². The molecule has 2 aliphatic carbocycles. The molecular formula is C12H24N2O. The minimum atomic E-state index is 0.471. The molecule has 2 atom stereocenters. The SMILES string of the molecule is COCCN(CC1CCC(N)C1)C1CC1. The molecule has 0 aromatic carbocycles.